The maximum Gasteiger partial charge on any atom is 0.328 e. The Hall–Kier alpha value is -2.83. The highest BCUT2D eigenvalue weighted by Gasteiger charge is 2.57. The van der Waals surface area contributed by atoms with E-state index in [1.54, 1.807) is 13.3 Å². The number of ether oxygens (including phenoxy) is 1. The van der Waals surface area contributed by atoms with Crippen LogP contribution in [-0.2, 0) is 11.8 Å². The van der Waals surface area contributed by atoms with E-state index in [1.165, 1.54) is 11.3 Å². The maximum absolute atomic E-state index is 13.6. The standard InChI is InChI=1S/C22H26N4O3/c1-24-12-11-23-20(24)19(15-8-4-6-10-18(15)29-2)26-21(27)17-13-14-7-3-5-9-16(14)25(17)22(26)28/h4,6,8,10-12,14,16-17,19H,3,5,7,9,13H2,1-2H3/t14-,16+,17-,19+/m0/s1. The quantitative estimate of drug-likeness (QED) is 0.748. The van der Waals surface area contributed by atoms with E-state index in [2.05, 4.69) is 4.98 Å². The van der Waals surface area contributed by atoms with Crippen LogP contribution in [0.4, 0.5) is 4.79 Å². The van der Waals surface area contributed by atoms with Crippen LogP contribution in [0.2, 0.25) is 0 Å². The monoisotopic (exact) mass is 394 g/mol. The summed E-state index contributed by atoms with van der Waals surface area (Å²) in [5.41, 5.74) is 0.771. The maximum atomic E-state index is 13.6. The zero-order valence-electron chi connectivity index (χ0n) is 16.8. The first-order chi connectivity index (χ1) is 14.1. The van der Waals surface area contributed by atoms with Crippen LogP contribution in [0, 0.1) is 5.92 Å². The van der Waals surface area contributed by atoms with Gasteiger partial charge in [-0.3, -0.25) is 4.79 Å². The Kier molecular flexibility index (Phi) is 4.33. The molecule has 0 radical (unpaired) electrons. The van der Waals surface area contributed by atoms with Gasteiger partial charge in [-0.1, -0.05) is 31.0 Å². The summed E-state index contributed by atoms with van der Waals surface area (Å²) in [4.78, 5) is 35.0. The number of hydrogen-bond donors (Lipinski definition) is 0. The van der Waals surface area contributed by atoms with Crippen molar-refractivity contribution < 1.29 is 14.3 Å². The number of aromatic nitrogens is 2. The number of para-hydroxylation sites is 1. The number of rotatable bonds is 4. The van der Waals surface area contributed by atoms with Crippen molar-refractivity contribution in [1.82, 2.24) is 19.4 Å². The van der Waals surface area contributed by atoms with E-state index >= 15 is 0 Å². The molecule has 2 aromatic rings. The minimum Gasteiger partial charge on any atom is -0.496 e. The highest BCUT2D eigenvalue weighted by atomic mass is 16.5. The number of carbonyl (C=O) groups excluding carboxylic acids is 2. The molecule has 5 rings (SSSR count). The lowest BCUT2D eigenvalue weighted by Crippen LogP contribution is -2.43. The normalized spacial score (nSPS) is 27.2. The van der Waals surface area contributed by atoms with Gasteiger partial charge in [0.05, 0.1) is 7.11 Å². The number of urea groups is 1. The molecule has 29 heavy (non-hydrogen) atoms. The van der Waals surface area contributed by atoms with Crippen LogP contribution >= 0.6 is 0 Å². The molecule has 0 spiro atoms. The number of amides is 3. The fourth-order valence-electron chi connectivity index (χ4n) is 5.50. The van der Waals surface area contributed by atoms with Crippen molar-refractivity contribution >= 4 is 11.9 Å². The molecule has 0 unspecified atom stereocenters. The molecule has 2 saturated heterocycles. The molecule has 4 atom stereocenters. The minimum absolute atomic E-state index is 0.108. The van der Waals surface area contributed by atoms with E-state index in [4.69, 9.17) is 4.74 Å². The number of fused-ring (bicyclic) bond motifs is 3. The van der Waals surface area contributed by atoms with E-state index in [9.17, 15) is 9.59 Å². The van der Waals surface area contributed by atoms with Gasteiger partial charge in [0.2, 0.25) is 0 Å². The number of imide groups is 1. The predicted octanol–water partition coefficient (Wildman–Crippen LogP) is 3.11. The predicted molar refractivity (Wildman–Crippen MR) is 106 cm³/mol. The van der Waals surface area contributed by atoms with Crippen molar-refractivity contribution in [2.24, 2.45) is 13.0 Å². The molecule has 0 bridgehead atoms. The summed E-state index contributed by atoms with van der Waals surface area (Å²) < 4.78 is 7.44. The number of imidazole rings is 1. The smallest absolute Gasteiger partial charge is 0.328 e. The lowest BCUT2D eigenvalue weighted by molar-refractivity contribution is -0.129. The highest BCUT2D eigenvalue weighted by molar-refractivity contribution is 6.05. The Bertz CT molecular complexity index is 955. The summed E-state index contributed by atoms with van der Waals surface area (Å²) in [5, 5.41) is 0. The first kappa shape index (κ1) is 18.2. The topological polar surface area (TPSA) is 67.7 Å². The van der Waals surface area contributed by atoms with Gasteiger partial charge in [-0.2, -0.15) is 0 Å². The van der Waals surface area contributed by atoms with Crippen LogP contribution in [0.25, 0.3) is 0 Å². The van der Waals surface area contributed by atoms with Crippen molar-refractivity contribution in [2.45, 2.75) is 50.2 Å². The SMILES string of the molecule is COc1ccccc1[C@H](c1nccn1C)N1C(=O)[C@@H]2C[C@@H]3CCCC[C@H]3N2C1=O. The van der Waals surface area contributed by atoms with Crippen molar-refractivity contribution in [3.05, 3.63) is 48.0 Å². The van der Waals surface area contributed by atoms with Gasteiger partial charge in [0.1, 0.15) is 23.7 Å². The fraction of sp³-hybridized carbons (Fsp3) is 0.500. The number of hydrogen-bond acceptors (Lipinski definition) is 4. The van der Waals surface area contributed by atoms with Crippen molar-refractivity contribution in [3.8, 4) is 5.75 Å². The van der Waals surface area contributed by atoms with E-state index in [1.807, 2.05) is 47.0 Å². The van der Waals surface area contributed by atoms with Gasteiger partial charge in [0.15, 0.2) is 0 Å². The molecule has 2 aliphatic heterocycles. The summed E-state index contributed by atoms with van der Waals surface area (Å²) in [6, 6.07) is 6.60. The average molecular weight is 394 g/mol. The van der Waals surface area contributed by atoms with Crippen LogP contribution in [0.3, 0.4) is 0 Å². The van der Waals surface area contributed by atoms with E-state index < -0.39 is 6.04 Å². The van der Waals surface area contributed by atoms with Gasteiger partial charge in [-0.25, -0.2) is 14.7 Å². The summed E-state index contributed by atoms with van der Waals surface area (Å²) >= 11 is 0. The molecule has 1 saturated carbocycles. The van der Waals surface area contributed by atoms with Gasteiger partial charge in [-0.05, 0) is 31.2 Å². The molecule has 0 N–H and O–H groups in total. The molecular formula is C22H26N4O3. The summed E-state index contributed by atoms with van der Waals surface area (Å²) in [6.45, 7) is 0. The Morgan fingerprint density at radius 2 is 1.97 bits per heavy atom. The second-order valence-corrected chi connectivity index (χ2v) is 8.30. The van der Waals surface area contributed by atoms with E-state index in [-0.39, 0.29) is 24.0 Å². The van der Waals surface area contributed by atoms with Crippen LogP contribution in [-0.4, -0.2) is 50.5 Å². The molecule has 152 valence electrons. The van der Waals surface area contributed by atoms with E-state index in [0.29, 0.717) is 17.5 Å². The molecule has 7 nitrogen and oxygen atoms in total. The van der Waals surface area contributed by atoms with Crippen molar-refractivity contribution in [1.29, 1.82) is 0 Å². The van der Waals surface area contributed by atoms with Gasteiger partial charge in [-0.15, -0.1) is 0 Å². The molecule has 1 aliphatic carbocycles. The van der Waals surface area contributed by atoms with Crippen LogP contribution in [0.5, 0.6) is 5.75 Å². The molecule has 7 heteroatoms. The largest absolute Gasteiger partial charge is 0.496 e. The Morgan fingerprint density at radius 1 is 1.17 bits per heavy atom. The summed E-state index contributed by atoms with van der Waals surface area (Å²) in [5.74, 6) is 1.64. The summed E-state index contributed by atoms with van der Waals surface area (Å²) in [6.07, 6.45) is 8.75. The molecule has 3 fully saturated rings. The third-order valence-electron chi connectivity index (χ3n) is 6.83. The Morgan fingerprint density at radius 3 is 2.72 bits per heavy atom. The van der Waals surface area contributed by atoms with E-state index in [0.717, 1.165) is 31.2 Å². The van der Waals surface area contributed by atoms with Gasteiger partial charge in [0, 0.05) is 31.0 Å². The van der Waals surface area contributed by atoms with Gasteiger partial charge >= 0.3 is 6.03 Å². The first-order valence-electron chi connectivity index (χ1n) is 10.4. The highest BCUT2D eigenvalue weighted by Crippen LogP contribution is 2.46. The third kappa shape index (κ3) is 2.67. The van der Waals surface area contributed by atoms with Crippen LogP contribution < -0.4 is 4.74 Å². The number of nitrogens with zero attached hydrogens (tertiary/aromatic N) is 4. The lowest BCUT2D eigenvalue weighted by atomic mass is 9.84. The molecule has 1 aromatic heterocycles. The van der Waals surface area contributed by atoms with Crippen LogP contribution in [0.15, 0.2) is 36.7 Å². The molecular weight excluding hydrogens is 368 g/mol. The fourth-order valence-corrected chi connectivity index (χ4v) is 5.50. The average Bonchev–Trinajstić information content (AvgIpc) is 3.40. The number of methoxy groups -OCH3 is 1. The first-order valence-corrected chi connectivity index (χ1v) is 10.4. The van der Waals surface area contributed by atoms with Crippen LogP contribution in [0.1, 0.15) is 49.5 Å². The second-order valence-electron chi connectivity index (χ2n) is 8.30. The third-order valence-corrected chi connectivity index (χ3v) is 6.83. The molecule has 3 heterocycles. The zero-order chi connectivity index (χ0) is 20.1. The zero-order valence-corrected chi connectivity index (χ0v) is 16.8. The molecule has 1 aromatic carbocycles. The van der Waals surface area contributed by atoms with Crippen molar-refractivity contribution in [2.75, 3.05) is 7.11 Å². The molecule has 3 amide bonds. The Labute approximate surface area is 170 Å². The lowest BCUT2D eigenvalue weighted by Gasteiger charge is -2.33. The number of aryl methyl sites for hydroxylation is 1. The summed E-state index contributed by atoms with van der Waals surface area (Å²) in [7, 11) is 3.49. The number of carbonyl (C=O) groups is 2. The Balaban J connectivity index is 1.60. The molecule has 3 aliphatic rings. The number of benzene rings is 1. The van der Waals surface area contributed by atoms with Gasteiger partial charge < -0.3 is 14.2 Å². The second kappa shape index (κ2) is 6.90. The van der Waals surface area contributed by atoms with Crippen molar-refractivity contribution in [3.63, 3.8) is 0 Å². The minimum atomic E-state index is -0.612. The van der Waals surface area contributed by atoms with Gasteiger partial charge in [0.25, 0.3) is 5.91 Å².